The van der Waals surface area contributed by atoms with Crippen LogP contribution in [0.5, 0.6) is 0 Å². The van der Waals surface area contributed by atoms with Crippen LogP contribution in [-0.4, -0.2) is 17.4 Å². The quantitative estimate of drug-likeness (QED) is 0.630. The summed E-state index contributed by atoms with van der Waals surface area (Å²) >= 11 is 0. The van der Waals surface area contributed by atoms with Crippen molar-refractivity contribution in [1.29, 1.82) is 0 Å². The molecular formula is C14H14N4O. The van der Waals surface area contributed by atoms with Crippen LogP contribution in [0.15, 0.2) is 42.7 Å². The molecule has 2 aromatic rings. The van der Waals surface area contributed by atoms with Gasteiger partial charge in [-0.3, -0.25) is 15.6 Å². The summed E-state index contributed by atoms with van der Waals surface area (Å²) < 4.78 is 0. The minimum Gasteiger partial charge on any atom is -0.323 e. The van der Waals surface area contributed by atoms with Crippen molar-refractivity contribution >= 4 is 17.3 Å². The van der Waals surface area contributed by atoms with Gasteiger partial charge < -0.3 is 10.3 Å². The molecule has 2 heterocycles. The van der Waals surface area contributed by atoms with E-state index in [1.165, 1.54) is 5.56 Å². The number of nitrogen functional groups attached to an aromatic ring is 1. The molecule has 0 bridgehead atoms. The van der Waals surface area contributed by atoms with Crippen molar-refractivity contribution in [2.24, 2.45) is 5.84 Å². The number of carbonyl (C=O) groups is 1. The van der Waals surface area contributed by atoms with Gasteiger partial charge in [-0.05, 0) is 24.1 Å². The second kappa shape index (κ2) is 4.70. The van der Waals surface area contributed by atoms with Gasteiger partial charge in [0, 0.05) is 24.6 Å². The third-order valence-electron chi connectivity index (χ3n) is 3.34. The van der Waals surface area contributed by atoms with Crippen molar-refractivity contribution < 1.29 is 4.79 Å². The molecule has 3 N–H and O–H groups in total. The molecule has 1 aliphatic heterocycles. The van der Waals surface area contributed by atoms with Crippen LogP contribution in [0.2, 0.25) is 0 Å². The van der Waals surface area contributed by atoms with Crippen LogP contribution in [0.25, 0.3) is 0 Å². The highest BCUT2D eigenvalue weighted by Gasteiger charge is 2.26. The predicted molar refractivity (Wildman–Crippen MR) is 73.9 cm³/mol. The maximum Gasteiger partial charge on any atom is 0.262 e. The van der Waals surface area contributed by atoms with Crippen molar-refractivity contribution in [2.45, 2.75) is 6.42 Å². The second-order valence-corrected chi connectivity index (χ2v) is 4.40. The average molecular weight is 254 g/mol. The number of pyridine rings is 1. The Bertz CT molecular complexity index is 626. The first-order chi connectivity index (χ1) is 9.31. The molecule has 0 saturated heterocycles. The maximum absolute atomic E-state index is 12.6. The van der Waals surface area contributed by atoms with Gasteiger partial charge in [0.1, 0.15) is 0 Å². The first kappa shape index (κ1) is 11.7. The van der Waals surface area contributed by atoms with Gasteiger partial charge in [-0.15, -0.1) is 0 Å². The van der Waals surface area contributed by atoms with Crippen molar-refractivity contribution in [1.82, 2.24) is 4.98 Å². The highest BCUT2D eigenvalue weighted by molar-refractivity contribution is 6.10. The zero-order valence-electron chi connectivity index (χ0n) is 10.3. The standard InChI is InChI=1S/C14H14N4O/c15-17-12-5-7-16-9-11(12)14(19)18-8-6-10-3-1-2-4-13(10)18/h1-5,7,9H,6,8,15H2,(H,16,17). The summed E-state index contributed by atoms with van der Waals surface area (Å²) in [6.45, 7) is 0.692. The molecule has 1 aliphatic rings. The summed E-state index contributed by atoms with van der Waals surface area (Å²) in [4.78, 5) is 18.3. The predicted octanol–water partition coefficient (Wildman–Crippen LogP) is 1.57. The van der Waals surface area contributed by atoms with Crippen LogP contribution in [0.1, 0.15) is 15.9 Å². The number of anilines is 2. The molecule has 0 spiro atoms. The van der Waals surface area contributed by atoms with Crippen molar-refractivity contribution in [2.75, 3.05) is 16.9 Å². The summed E-state index contributed by atoms with van der Waals surface area (Å²) in [6, 6.07) is 9.63. The molecule has 0 aliphatic carbocycles. The number of aromatic nitrogens is 1. The average Bonchev–Trinajstić information content (AvgIpc) is 2.90. The summed E-state index contributed by atoms with van der Waals surface area (Å²) in [5, 5.41) is 0. The number of benzene rings is 1. The Kier molecular flexibility index (Phi) is 2.89. The lowest BCUT2D eigenvalue weighted by Crippen LogP contribution is -2.30. The van der Waals surface area contributed by atoms with Crippen LogP contribution in [0.4, 0.5) is 11.4 Å². The van der Waals surface area contributed by atoms with Crippen LogP contribution >= 0.6 is 0 Å². The Morgan fingerprint density at radius 2 is 2.16 bits per heavy atom. The van der Waals surface area contributed by atoms with Crippen LogP contribution in [0, 0.1) is 0 Å². The van der Waals surface area contributed by atoms with Gasteiger partial charge in [0.05, 0.1) is 11.3 Å². The Balaban J connectivity index is 1.98. The van der Waals surface area contributed by atoms with Gasteiger partial charge in [0.25, 0.3) is 5.91 Å². The molecular weight excluding hydrogens is 240 g/mol. The summed E-state index contributed by atoms with van der Waals surface area (Å²) in [5.41, 5.74) is 5.78. The fourth-order valence-electron chi connectivity index (χ4n) is 2.39. The van der Waals surface area contributed by atoms with Gasteiger partial charge in [0.15, 0.2) is 0 Å². The second-order valence-electron chi connectivity index (χ2n) is 4.40. The molecule has 5 heteroatoms. The molecule has 0 radical (unpaired) electrons. The molecule has 0 fully saturated rings. The van der Waals surface area contributed by atoms with Gasteiger partial charge in [-0.25, -0.2) is 0 Å². The number of carbonyl (C=O) groups excluding carboxylic acids is 1. The Hall–Kier alpha value is -2.40. The molecule has 0 atom stereocenters. The van der Waals surface area contributed by atoms with Crippen LogP contribution in [-0.2, 0) is 6.42 Å². The van der Waals surface area contributed by atoms with Gasteiger partial charge in [-0.1, -0.05) is 18.2 Å². The minimum absolute atomic E-state index is 0.0778. The fourth-order valence-corrected chi connectivity index (χ4v) is 2.39. The first-order valence-corrected chi connectivity index (χ1v) is 6.11. The number of amides is 1. The molecule has 5 nitrogen and oxygen atoms in total. The summed E-state index contributed by atoms with van der Waals surface area (Å²) in [5.74, 6) is 5.36. The number of nitrogens with two attached hydrogens (primary N) is 1. The lowest BCUT2D eigenvalue weighted by atomic mass is 10.1. The summed E-state index contributed by atoms with van der Waals surface area (Å²) in [7, 11) is 0. The van der Waals surface area contributed by atoms with Crippen LogP contribution < -0.4 is 16.2 Å². The van der Waals surface area contributed by atoms with Gasteiger partial charge >= 0.3 is 0 Å². The number of para-hydroxylation sites is 1. The van der Waals surface area contributed by atoms with E-state index in [4.69, 9.17) is 5.84 Å². The maximum atomic E-state index is 12.6. The normalized spacial score (nSPS) is 13.2. The smallest absolute Gasteiger partial charge is 0.262 e. The number of fused-ring (bicyclic) bond motifs is 1. The number of hydrogen-bond donors (Lipinski definition) is 2. The number of rotatable bonds is 2. The zero-order chi connectivity index (χ0) is 13.2. The van der Waals surface area contributed by atoms with E-state index < -0.39 is 0 Å². The fraction of sp³-hybridized carbons (Fsp3) is 0.143. The van der Waals surface area contributed by atoms with E-state index in [1.807, 2.05) is 24.3 Å². The Labute approximate surface area is 111 Å². The Morgan fingerprint density at radius 1 is 1.32 bits per heavy atom. The zero-order valence-corrected chi connectivity index (χ0v) is 10.3. The third-order valence-corrected chi connectivity index (χ3v) is 3.34. The molecule has 1 aromatic carbocycles. The van der Waals surface area contributed by atoms with E-state index in [0.29, 0.717) is 17.8 Å². The monoisotopic (exact) mass is 254 g/mol. The topological polar surface area (TPSA) is 71.2 Å². The lowest BCUT2D eigenvalue weighted by molar-refractivity contribution is 0.0990. The van der Waals surface area contributed by atoms with Crippen molar-refractivity contribution in [3.8, 4) is 0 Å². The summed E-state index contributed by atoms with van der Waals surface area (Å²) in [6.07, 6.45) is 4.02. The molecule has 1 aromatic heterocycles. The molecule has 3 rings (SSSR count). The lowest BCUT2D eigenvalue weighted by Gasteiger charge is -2.18. The number of hydrazine groups is 1. The number of nitrogens with zero attached hydrogens (tertiary/aromatic N) is 2. The third kappa shape index (κ3) is 1.94. The van der Waals surface area contributed by atoms with Gasteiger partial charge in [0.2, 0.25) is 0 Å². The van der Waals surface area contributed by atoms with E-state index in [0.717, 1.165) is 12.1 Å². The number of nitrogens with one attached hydrogen (secondary N) is 1. The number of hydrogen-bond acceptors (Lipinski definition) is 4. The molecule has 1 amide bonds. The van der Waals surface area contributed by atoms with E-state index in [9.17, 15) is 4.79 Å². The van der Waals surface area contributed by atoms with Crippen molar-refractivity contribution in [3.05, 3.63) is 53.9 Å². The molecule has 19 heavy (non-hydrogen) atoms. The van der Waals surface area contributed by atoms with E-state index >= 15 is 0 Å². The van der Waals surface area contributed by atoms with Crippen molar-refractivity contribution in [3.63, 3.8) is 0 Å². The van der Waals surface area contributed by atoms with E-state index in [1.54, 1.807) is 23.4 Å². The van der Waals surface area contributed by atoms with E-state index in [-0.39, 0.29) is 5.91 Å². The Morgan fingerprint density at radius 3 is 3.00 bits per heavy atom. The largest absolute Gasteiger partial charge is 0.323 e. The van der Waals surface area contributed by atoms with Gasteiger partial charge in [-0.2, -0.15) is 0 Å². The SMILES string of the molecule is NNc1ccncc1C(=O)N1CCc2ccccc21. The van der Waals surface area contributed by atoms with Crippen LogP contribution in [0.3, 0.4) is 0 Å². The molecule has 96 valence electrons. The molecule has 0 saturated carbocycles. The first-order valence-electron chi connectivity index (χ1n) is 6.11. The highest BCUT2D eigenvalue weighted by atomic mass is 16.2. The molecule has 0 unspecified atom stereocenters. The van der Waals surface area contributed by atoms with E-state index in [2.05, 4.69) is 10.4 Å². The minimum atomic E-state index is -0.0778. The highest BCUT2D eigenvalue weighted by Crippen LogP contribution is 2.29.